The standard InChI is InChI=1S/C24H22ClN3O/c1-16(17-8-4-3-5-9-17)26-24-21-11-7-6-10-20(21)22(27-28-24)15-18-14-19(25)12-13-23(18)29-2/h3-14,16H,15H2,1-2H3,(H,26,28). The van der Waals surface area contributed by atoms with Crippen LogP contribution in [-0.2, 0) is 6.42 Å². The number of ether oxygens (including phenoxy) is 1. The van der Waals surface area contributed by atoms with Crippen molar-refractivity contribution in [1.82, 2.24) is 10.2 Å². The molecule has 1 aromatic heterocycles. The average Bonchev–Trinajstić information content (AvgIpc) is 2.76. The van der Waals surface area contributed by atoms with Crippen molar-refractivity contribution < 1.29 is 4.74 Å². The van der Waals surface area contributed by atoms with Crippen LogP contribution in [0.1, 0.15) is 29.8 Å². The molecule has 0 saturated heterocycles. The summed E-state index contributed by atoms with van der Waals surface area (Å²) in [6, 6.07) is 24.2. The maximum absolute atomic E-state index is 6.20. The van der Waals surface area contributed by atoms with E-state index in [1.807, 2.05) is 48.5 Å². The Morgan fingerprint density at radius 3 is 2.41 bits per heavy atom. The van der Waals surface area contributed by atoms with Gasteiger partial charge >= 0.3 is 0 Å². The van der Waals surface area contributed by atoms with Gasteiger partial charge < -0.3 is 10.1 Å². The van der Waals surface area contributed by atoms with Crippen LogP contribution in [0.4, 0.5) is 5.82 Å². The molecule has 3 aromatic carbocycles. The van der Waals surface area contributed by atoms with Gasteiger partial charge in [0.1, 0.15) is 5.75 Å². The van der Waals surface area contributed by atoms with Crippen LogP contribution in [0.5, 0.6) is 5.75 Å². The molecule has 0 fully saturated rings. The third-order valence-electron chi connectivity index (χ3n) is 5.02. The fraction of sp³-hybridized carbons (Fsp3) is 0.167. The van der Waals surface area contributed by atoms with Crippen molar-refractivity contribution in [2.75, 3.05) is 12.4 Å². The molecule has 0 amide bonds. The molecular weight excluding hydrogens is 382 g/mol. The van der Waals surface area contributed by atoms with Crippen LogP contribution in [0, 0.1) is 0 Å². The first-order valence-corrected chi connectivity index (χ1v) is 9.91. The van der Waals surface area contributed by atoms with Crippen molar-refractivity contribution in [3.63, 3.8) is 0 Å². The molecule has 0 aliphatic heterocycles. The highest BCUT2D eigenvalue weighted by Crippen LogP contribution is 2.30. The summed E-state index contributed by atoms with van der Waals surface area (Å²) < 4.78 is 5.49. The van der Waals surface area contributed by atoms with Gasteiger partial charge in [-0.05, 0) is 30.7 Å². The van der Waals surface area contributed by atoms with Gasteiger partial charge in [-0.1, -0.05) is 66.2 Å². The summed E-state index contributed by atoms with van der Waals surface area (Å²) in [5.41, 5.74) is 3.07. The highest BCUT2D eigenvalue weighted by atomic mass is 35.5. The maximum Gasteiger partial charge on any atom is 0.157 e. The lowest BCUT2D eigenvalue weighted by molar-refractivity contribution is 0.410. The number of aromatic nitrogens is 2. The zero-order chi connectivity index (χ0) is 20.2. The van der Waals surface area contributed by atoms with Crippen molar-refractivity contribution >= 4 is 28.2 Å². The van der Waals surface area contributed by atoms with E-state index in [1.165, 1.54) is 5.56 Å². The molecule has 0 saturated carbocycles. The molecule has 5 heteroatoms. The third kappa shape index (κ3) is 4.17. The average molecular weight is 404 g/mol. The number of fused-ring (bicyclic) bond motifs is 1. The van der Waals surface area contributed by atoms with Gasteiger partial charge in [-0.2, -0.15) is 5.10 Å². The molecule has 0 bridgehead atoms. The van der Waals surface area contributed by atoms with Crippen LogP contribution in [-0.4, -0.2) is 17.3 Å². The van der Waals surface area contributed by atoms with Crippen LogP contribution in [0.25, 0.3) is 10.8 Å². The number of nitrogens with zero attached hydrogens (tertiary/aromatic N) is 2. The van der Waals surface area contributed by atoms with Gasteiger partial charge in [-0.3, -0.25) is 0 Å². The predicted molar refractivity (Wildman–Crippen MR) is 119 cm³/mol. The molecular formula is C24H22ClN3O. The van der Waals surface area contributed by atoms with Crippen LogP contribution < -0.4 is 10.1 Å². The van der Waals surface area contributed by atoms with Crippen molar-refractivity contribution in [2.24, 2.45) is 0 Å². The maximum atomic E-state index is 6.20. The minimum atomic E-state index is 0.118. The second kappa shape index (κ2) is 8.50. The Bertz CT molecular complexity index is 1130. The zero-order valence-corrected chi connectivity index (χ0v) is 17.1. The Morgan fingerprint density at radius 1 is 0.931 bits per heavy atom. The van der Waals surface area contributed by atoms with Gasteiger partial charge in [0, 0.05) is 27.8 Å². The van der Waals surface area contributed by atoms with E-state index in [4.69, 9.17) is 16.3 Å². The highest BCUT2D eigenvalue weighted by molar-refractivity contribution is 6.30. The Morgan fingerprint density at radius 2 is 1.66 bits per heavy atom. The van der Waals surface area contributed by atoms with Crippen LogP contribution in [0.2, 0.25) is 5.02 Å². The summed E-state index contributed by atoms with van der Waals surface area (Å²) >= 11 is 6.20. The van der Waals surface area contributed by atoms with Crippen molar-refractivity contribution in [1.29, 1.82) is 0 Å². The molecule has 1 atom stereocenters. The second-order valence-corrected chi connectivity index (χ2v) is 7.39. The molecule has 0 aliphatic rings. The molecule has 1 N–H and O–H groups in total. The van der Waals surface area contributed by atoms with Crippen molar-refractivity contribution in [3.8, 4) is 5.75 Å². The van der Waals surface area contributed by atoms with E-state index in [-0.39, 0.29) is 6.04 Å². The third-order valence-corrected chi connectivity index (χ3v) is 5.25. The van der Waals surface area contributed by atoms with Crippen LogP contribution in [0.3, 0.4) is 0 Å². The fourth-order valence-corrected chi connectivity index (χ4v) is 3.69. The molecule has 4 nitrogen and oxygen atoms in total. The van der Waals surface area contributed by atoms with E-state index in [9.17, 15) is 0 Å². The van der Waals surface area contributed by atoms with Gasteiger partial charge in [0.15, 0.2) is 5.82 Å². The summed E-state index contributed by atoms with van der Waals surface area (Å²) in [6.07, 6.45) is 0.589. The van der Waals surface area contributed by atoms with Crippen LogP contribution in [0.15, 0.2) is 72.8 Å². The van der Waals surface area contributed by atoms with E-state index in [2.05, 4.69) is 46.7 Å². The molecule has 4 aromatic rings. The summed E-state index contributed by atoms with van der Waals surface area (Å²) in [5, 5.41) is 15.3. The summed E-state index contributed by atoms with van der Waals surface area (Å²) in [6.45, 7) is 2.12. The minimum Gasteiger partial charge on any atom is -0.496 e. The first kappa shape index (κ1) is 19.2. The normalized spacial score (nSPS) is 12.0. The quantitative estimate of drug-likeness (QED) is 0.425. The molecule has 146 valence electrons. The van der Waals surface area contributed by atoms with E-state index >= 15 is 0 Å². The Labute approximate surface area is 175 Å². The van der Waals surface area contributed by atoms with E-state index in [1.54, 1.807) is 7.11 Å². The number of hydrogen-bond acceptors (Lipinski definition) is 4. The number of halogens is 1. The van der Waals surface area contributed by atoms with Crippen LogP contribution >= 0.6 is 11.6 Å². The number of rotatable bonds is 6. The molecule has 1 unspecified atom stereocenters. The molecule has 0 radical (unpaired) electrons. The summed E-state index contributed by atoms with van der Waals surface area (Å²) in [5.74, 6) is 1.57. The van der Waals surface area contributed by atoms with E-state index < -0.39 is 0 Å². The lowest BCUT2D eigenvalue weighted by Gasteiger charge is -2.17. The van der Waals surface area contributed by atoms with E-state index in [0.29, 0.717) is 11.4 Å². The number of nitrogens with one attached hydrogen (secondary N) is 1. The van der Waals surface area contributed by atoms with Gasteiger partial charge in [-0.15, -0.1) is 5.10 Å². The first-order valence-electron chi connectivity index (χ1n) is 9.54. The van der Waals surface area contributed by atoms with Gasteiger partial charge in [0.2, 0.25) is 0 Å². The Kier molecular flexibility index (Phi) is 5.63. The zero-order valence-electron chi connectivity index (χ0n) is 16.4. The molecule has 4 rings (SSSR count). The van der Waals surface area contributed by atoms with Gasteiger partial charge in [-0.25, -0.2) is 0 Å². The fourth-order valence-electron chi connectivity index (χ4n) is 3.49. The topological polar surface area (TPSA) is 47.0 Å². The number of benzene rings is 3. The first-order chi connectivity index (χ1) is 14.2. The van der Waals surface area contributed by atoms with E-state index in [0.717, 1.165) is 33.6 Å². The number of anilines is 1. The lowest BCUT2D eigenvalue weighted by Crippen LogP contribution is -2.10. The minimum absolute atomic E-state index is 0.118. The monoisotopic (exact) mass is 403 g/mol. The largest absolute Gasteiger partial charge is 0.496 e. The SMILES string of the molecule is COc1ccc(Cl)cc1Cc1nnc(NC(C)c2ccccc2)c2ccccc12. The summed E-state index contributed by atoms with van der Waals surface area (Å²) in [4.78, 5) is 0. The molecule has 1 heterocycles. The predicted octanol–water partition coefficient (Wildman–Crippen LogP) is 6.06. The van der Waals surface area contributed by atoms with Gasteiger partial charge in [0.25, 0.3) is 0 Å². The second-order valence-electron chi connectivity index (χ2n) is 6.95. The Hall–Kier alpha value is -3.11. The van der Waals surface area contributed by atoms with Gasteiger partial charge in [0.05, 0.1) is 18.8 Å². The van der Waals surface area contributed by atoms with Crippen molar-refractivity contribution in [3.05, 3.63) is 94.6 Å². The number of hydrogen-bond donors (Lipinski definition) is 1. The molecule has 0 aliphatic carbocycles. The molecule has 0 spiro atoms. The molecule has 29 heavy (non-hydrogen) atoms. The lowest BCUT2D eigenvalue weighted by atomic mass is 10.0. The number of methoxy groups -OCH3 is 1. The smallest absolute Gasteiger partial charge is 0.157 e. The highest BCUT2D eigenvalue weighted by Gasteiger charge is 2.14. The Balaban J connectivity index is 1.70. The summed E-state index contributed by atoms with van der Waals surface area (Å²) in [7, 11) is 1.66. The van der Waals surface area contributed by atoms with Crippen molar-refractivity contribution in [2.45, 2.75) is 19.4 Å².